The number of hydrogen-bond acceptors (Lipinski definition) is 8. The number of hydrogen-bond donors (Lipinski definition) is 1. The molecule has 4 heterocycles. The molecule has 0 aliphatic heterocycles. The summed E-state index contributed by atoms with van der Waals surface area (Å²) >= 11 is 0. The summed E-state index contributed by atoms with van der Waals surface area (Å²) in [6.45, 7) is 11.7. The number of halogens is 2. The van der Waals surface area contributed by atoms with E-state index in [1.54, 1.807) is 35.4 Å². The van der Waals surface area contributed by atoms with Crippen LogP contribution in [-0.2, 0) is 22.9 Å². The normalized spacial score (nSPS) is 12.5. The Kier molecular flexibility index (Phi) is 10.00. The number of anilines is 1. The molecule has 0 radical (unpaired) electrons. The van der Waals surface area contributed by atoms with Gasteiger partial charge in [0.05, 0.1) is 35.5 Å². The number of nitrogens with zero attached hydrogens (tertiary/aromatic N) is 7. The molecule has 0 saturated carbocycles. The van der Waals surface area contributed by atoms with Gasteiger partial charge in [0.2, 0.25) is 0 Å². The lowest BCUT2D eigenvalue weighted by atomic mass is 10.1. The highest BCUT2D eigenvalue weighted by Gasteiger charge is 2.24. The van der Waals surface area contributed by atoms with Crippen LogP contribution in [0.3, 0.4) is 0 Å². The van der Waals surface area contributed by atoms with E-state index in [2.05, 4.69) is 64.9 Å². The first-order valence-electron chi connectivity index (χ1n) is 15.0. The van der Waals surface area contributed by atoms with Gasteiger partial charge < -0.3 is 19.5 Å². The standard InChI is InChI=1S/C30H40F2N8O4Si2/c1-45(2,3)12-10-42-19-39-25-15-26(44-30(31)32)22(14-21(25)16-34-39)27-24(18-36-40(27)20-43-11-13-46(4,5)6)37-29(41)23-17-35-38-9-7-8-33-28(23)38/h7-9,14-18,30H,10-13,19-20H2,1-6H3,(H,37,41). The molecule has 0 unspecified atom stereocenters. The molecule has 0 saturated heterocycles. The number of alkyl halides is 2. The number of ether oxygens (including phenoxy) is 3. The molecule has 0 bridgehead atoms. The van der Waals surface area contributed by atoms with Gasteiger partial charge in [-0.3, -0.25) is 4.79 Å². The van der Waals surface area contributed by atoms with E-state index in [4.69, 9.17) is 14.2 Å². The van der Waals surface area contributed by atoms with Crippen molar-refractivity contribution in [3.63, 3.8) is 0 Å². The number of carbonyl (C=O) groups is 1. The Morgan fingerprint density at radius 2 is 1.59 bits per heavy atom. The lowest BCUT2D eigenvalue weighted by Gasteiger charge is -2.18. The molecule has 46 heavy (non-hydrogen) atoms. The largest absolute Gasteiger partial charge is 0.434 e. The van der Waals surface area contributed by atoms with Crippen molar-refractivity contribution in [2.24, 2.45) is 0 Å². The third kappa shape index (κ3) is 8.23. The molecule has 0 aliphatic carbocycles. The van der Waals surface area contributed by atoms with Gasteiger partial charge >= 0.3 is 6.61 Å². The predicted molar refractivity (Wildman–Crippen MR) is 177 cm³/mol. The Bertz CT molecular complexity index is 1810. The number of rotatable bonds is 15. The summed E-state index contributed by atoms with van der Waals surface area (Å²) in [4.78, 5) is 17.7. The van der Waals surface area contributed by atoms with E-state index in [1.807, 2.05) is 0 Å². The van der Waals surface area contributed by atoms with Crippen molar-refractivity contribution in [1.82, 2.24) is 34.2 Å². The zero-order chi connectivity index (χ0) is 33.1. The Morgan fingerprint density at radius 1 is 0.913 bits per heavy atom. The van der Waals surface area contributed by atoms with Crippen molar-refractivity contribution in [3.8, 4) is 17.0 Å². The molecule has 16 heteroatoms. The van der Waals surface area contributed by atoms with Crippen LogP contribution < -0.4 is 10.1 Å². The third-order valence-electron chi connectivity index (χ3n) is 7.25. The summed E-state index contributed by atoms with van der Waals surface area (Å²) in [6, 6.07) is 6.82. The van der Waals surface area contributed by atoms with Crippen molar-refractivity contribution in [1.29, 1.82) is 0 Å². The summed E-state index contributed by atoms with van der Waals surface area (Å²) in [5.74, 6) is -0.599. The molecule has 0 aliphatic rings. The Balaban J connectivity index is 1.52. The first-order chi connectivity index (χ1) is 21.8. The fourth-order valence-electron chi connectivity index (χ4n) is 4.68. The van der Waals surface area contributed by atoms with Crippen LogP contribution in [0.25, 0.3) is 27.8 Å². The monoisotopic (exact) mass is 670 g/mol. The second kappa shape index (κ2) is 13.8. The highest BCUT2D eigenvalue weighted by molar-refractivity contribution is 6.76. The van der Waals surface area contributed by atoms with Gasteiger partial charge in [-0.15, -0.1) is 0 Å². The fourth-order valence-corrected chi connectivity index (χ4v) is 6.20. The Labute approximate surface area is 267 Å². The summed E-state index contributed by atoms with van der Waals surface area (Å²) in [5, 5.41) is 16.6. The molecule has 5 rings (SSSR count). The molecular weight excluding hydrogens is 631 g/mol. The fraction of sp³-hybridized carbons (Fsp3) is 0.433. The molecule has 4 aromatic heterocycles. The number of aromatic nitrogens is 7. The van der Waals surface area contributed by atoms with E-state index in [1.165, 1.54) is 27.7 Å². The summed E-state index contributed by atoms with van der Waals surface area (Å²) in [6.07, 6.45) is 7.76. The highest BCUT2D eigenvalue weighted by atomic mass is 28.3. The van der Waals surface area contributed by atoms with Gasteiger partial charge in [-0.2, -0.15) is 24.1 Å². The molecule has 1 aromatic carbocycles. The van der Waals surface area contributed by atoms with Crippen LogP contribution >= 0.6 is 0 Å². The van der Waals surface area contributed by atoms with Crippen molar-refractivity contribution < 1.29 is 27.8 Å². The van der Waals surface area contributed by atoms with Gasteiger partial charge in [0.25, 0.3) is 5.91 Å². The summed E-state index contributed by atoms with van der Waals surface area (Å²) in [7, 11) is -2.65. The molecule has 12 nitrogen and oxygen atoms in total. The van der Waals surface area contributed by atoms with Crippen molar-refractivity contribution >= 4 is 44.3 Å². The molecular formula is C30H40F2N8O4Si2. The molecule has 5 aromatic rings. The number of amides is 1. The van der Waals surface area contributed by atoms with Crippen LogP contribution in [0.2, 0.25) is 51.4 Å². The van der Waals surface area contributed by atoms with Crippen LogP contribution in [0.15, 0.2) is 49.2 Å². The minimum Gasteiger partial charge on any atom is -0.434 e. The Hall–Kier alpha value is -4.00. The summed E-state index contributed by atoms with van der Waals surface area (Å²) in [5.41, 5.74) is 2.06. The van der Waals surface area contributed by atoms with Gasteiger partial charge in [-0.1, -0.05) is 39.3 Å². The molecule has 0 spiro atoms. The second-order valence-corrected chi connectivity index (χ2v) is 24.7. The van der Waals surface area contributed by atoms with E-state index >= 15 is 0 Å². The highest BCUT2D eigenvalue weighted by Crippen LogP contribution is 2.39. The lowest BCUT2D eigenvalue weighted by Crippen LogP contribution is -2.22. The number of nitrogens with one attached hydrogen (secondary N) is 1. The van der Waals surface area contributed by atoms with Crippen LogP contribution in [0, 0.1) is 0 Å². The first-order valence-corrected chi connectivity index (χ1v) is 22.5. The first kappa shape index (κ1) is 33.4. The average molecular weight is 671 g/mol. The number of benzene rings is 1. The lowest BCUT2D eigenvalue weighted by molar-refractivity contribution is -0.0494. The quantitative estimate of drug-likeness (QED) is 0.100. The summed E-state index contributed by atoms with van der Waals surface area (Å²) < 4.78 is 49.2. The third-order valence-corrected chi connectivity index (χ3v) is 10.7. The maximum absolute atomic E-state index is 13.8. The Morgan fingerprint density at radius 3 is 2.26 bits per heavy atom. The molecule has 1 N–H and O–H groups in total. The molecule has 0 atom stereocenters. The van der Waals surface area contributed by atoms with Crippen molar-refractivity contribution in [2.75, 3.05) is 18.5 Å². The zero-order valence-corrected chi connectivity index (χ0v) is 29.0. The number of carbonyl (C=O) groups excluding carboxylic acids is 1. The molecule has 246 valence electrons. The van der Waals surface area contributed by atoms with Crippen LogP contribution in [-0.4, -0.2) is 76.0 Å². The van der Waals surface area contributed by atoms with E-state index in [0.29, 0.717) is 35.5 Å². The van der Waals surface area contributed by atoms with Gasteiger partial charge in [0.15, 0.2) is 5.65 Å². The SMILES string of the molecule is C[Si](C)(C)CCOCn1ncc(NC(=O)c2cnn3cccnc23)c1-c1cc2cnn(COCC[Si](C)(C)C)c2cc1OC(F)F. The minimum absolute atomic E-state index is 0.0320. The van der Waals surface area contributed by atoms with E-state index in [-0.39, 0.29) is 36.0 Å². The van der Waals surface area contributed by atoms with Gasteiger partial charge in [-0.05, 0) is 24.2 Å². The van der Waals surface area contributed by atoms with Gasteiger partial charge in [0, 0.05) is 58.8 Å². The van der Waals surface area contributed by atoms with E-state index in [9.17, 15) is 13.6 Å². The van der Waals surface area contributed by atoms with E-state index in [0.717, 1.165) is 12.1 Å². The topological polar surface area (TPSA) is 123 Å². The van der Waals surface area contributed by atoms with Crippen LogP contribution in [0.5, 0.6) is 5.75 Å². The maximum atomic E-state index is 13.8. The zero-order valence-electron chi connectivity index (χ0n) is 27.0. The van der Waals surface area contributed by atoms with Gasteiger partial charge in [-0.25, -0.2) is 18.9 Å². The van der Waals surface area contributed by atoms with Gasteiger partial charge in [0.1, 0.15) is 24.8 Å². The minimum atomic E-state index is -3.10. The smallest absolute Gasteiger partial charge is 0.387 e. The predicted octanol–water partition coefficient (Wildman–Crippen LogP) is 6.42. The van der Waals surface area contributed by atoms with Crippen molar-refractivity contribution in [2.45, 2.75) is 71.4 Å². The number of fused-ring (bicyclic) bond motifs is 2. The van der Waals surface area contributed by atoms with Crippen LogP contribution in [0.1, 0.15) is 10.4 Å². The van der Waals surface area contributed by atoms with Crippen molar-refractivity contribution in [3.05, 3.63) is 54.7 Å². The maximum Gasteiger partial charge on any atom is 0.387 e. The average Bonchev–Trinajstić information content (AvgIpc) is 3.68. The molecule has 0 fully saturated rings. The molecule has 1 amide bonds. The van der Waals surface area contributed by atoms with Crippen LogP contribution in [0.4, 0.5) is 14.5 Å². The second-order valence-electron chi connectivity index (χ2n) is 13.4. The van der Waals surface area contributed by atoms with E-state index < -0.39 is 28.7 Å².